The number of benzene rings is 1. The smallest absolute Gasteiger partial charge is 0.122 e. The molecule has 0 amide bonds. The van der Waals surface area contributed by atoms with Gasteiger partial charge in [-0.05, 0) is 24.1 Å². The highest BCUT2D eigenvalue weighted by atomic mass is 32.2. The van der Waals surface area contributed by atoms with Crippen molar-refractivity contribution in [2.45, 2.75) is 25.6 Å². The third-order valence-corrected chi connectivity index (χ3v) is 4.51. The van der Waals surface area contributed by atoms with Crippen LogP contribution in [0.4, 0.5) is 0 Å². The van der Waals surface area contributed by atoms with Crippen molar-refractivity contribution >= 4 is 17.6 Å². The number of aryl methyl sites for hydroxylation is 1. The summed E-state index contributed by atoms with van der Waals surface area (Å²) < 4.78 is 0. The Bertz CT molecular complexity index is 445. The van der Waals surface area contributed by atoms with Gasteiger partial charge in [0.25, 0.3) is 0 Å². The number of amidine groups is 1. The van der Waals surface area contributed by atoms with Crippen molar-refractivity contribution < 1.29 is 0 Å². The van der Waals surface area contributed by atoms with Gasteiger partial charge < -0.3 is 5.73 Å². The Morgan fingerprint density at radius 1 is 1.56 bits per heavy atom. The van der Waals surface area contributed by atoms with E-state index in [-0.39, 0.29) is 5.84 Å². The average molecular weight is 263 g/mol. The third-order valence-electron chi connectivity index (χ3n) is 3.37. The molecule has 1 fully saturated rings. The van der Waals surface area contributed by atoms with Crippen molar-refractivity contribution in [1.29, 1.82) is 5.41 Å². The van der Waals surface area contributed by atoms with Crippen LogP contribution in [0.3, 0.4) is 0 Å². The van der Waals surface area contributed by atoms with Crippen molar-refractivity contribution in [3.05, 3.63) is 34.9 Å². The lowest BCUT2D eigenvalue weighted by Crippen LogP contribution is -2.36. The number of hydrogen-bond donors (Lipinski definition) is 2. The summed E-state index contributed by atoms with van der Waals surface area (Å²) in [5.41, 5.74) is 8.90. The summed E-state index contributed by atoms with van der Waals surface area (Å²) in [5.74, 6) is 1.37. The zero-order valence-electron chi connectivity index (χ0n) is 11.1. The average Bonchev–Trinajstić information content (AvgIpc) is 2.31. The number of nitrogens with two attached hydrogens (primary N) is 1. The van der Waals surface area contributed by atoms with Crippen LogP contribution >= 0.6 is 11.8 Å². The van der Waals surface area contributed by atoms with Gasteiger partial charge in [0.1, 0.15) is 5.84 Å². The standard InChI is InChI=1S/C14H21N3S/c1-10-7-12(14(15)16)3-4-13(10)9-17-5-6-18-11(2)8-17/h3-4,7,11H,5-6,8-9H2,1-2H3,(H3,15,16). The summed E-state index contributed by atoms with van der Waals surface area (Å²) in [6, 6.07) is 6.07. The maximum absolute atomic E-state index is 7.45. The first kappa shape index (κ1) is 13.4. The molecule has 0 bridgehead atoms. The van der Waals surface area contributed by atoms with Gasteiger partial charge in [0.2, 0.25) is 0 Å². The lowest BCUT2D eigenvalue weighted by molar-refractivity contribution is 0.278. The normalized spacial score (nSPS) is 20.9. The molecule has 3 N–H and O–H groups in total. The Labute approximate surface area is 113 Å². The number of nitrogens with one attached hydrogen (secondary N) is 1. The highest BCUT2D eigenvalue weighted by molar-refractivity contribution is 7.99. The molecule has 18 heavy (non-hydrogen) atoms. The predicted molar refractivity (Wildman–Crippen MR) is 79.4 cm³/mol. The molecule has 0 saturated carbocycles. The minimum Gasteiger partial charge on any atom is -0.384 e. The highest BCUT2D eigenvalue weighted by Crippen LogP contribution is 2.21. The number of rotatable bonds is 3. The Morgan fingerprint density at radius 3 is 2.94 bits per heavy atom. The van der Waals surface area contributed by atoms with E-state index in [9.17, 15) is 0 Å². The Balaban J connectivity index is 2.07. The topological polar surface area (TPSA) is 53.1 Å². The van der Waals surface area contributed by atoms with Gasteiger partial charge in [-0.15, -0.1) is 0 Å². The van der Waals surface area contributed by atoms with Crippen molar-refractivity contribution in [3.63, 3.8) is 0 Å². The van der Waals surface area contributed by atoms with Crippen LogP contribution in [0.1, 0.15) is 23.6 Å². The Morgan fingerprint density at radius 2 is 2.33 bits per heavy atom. The monoisotopic (exact) mass is 263 g/mol. The van der Waals surface area contributed by atoms with E-state index in [0.29, 0.717) is 0 Å². The van der Waals surface area contributed by atoms with Crippen molar-refractivity contribution in [2.24, 2.45) is 5.73 Å². The maximum atomic E-state index is 7.45. The Hall–Kier alpha value is -1.000. The third kappa shape index (κ3) is 3.27. The quantitative estimate of drug-likeness (QED) is 0.649. The fourth-order valence-electron chi connectivity index (χ4n) is 2.32. The van der Waals surface area contributed by atoms with E-state index in [1.807, 2.05) is 12.1 Å². The van der Waals surface area contributed by atoms with Gasteiger partial charge in [-0.1, -0.05) is 19.1 Å². The van der Waals surface area contributed by atoms with Gasteiger partial charge in [-0.3, -0.25) is 10.3 Å². The van der Waals surface area contributed by atoms with Crippen LogP contribution < -0.4 is 5.73 Å². The van der Waals surface area contributed by atoms with E-state index in [0.717, 1.165) is 17.4 Å². The van der Waals surface area contributed by atoms with Gasteiger partial charge in [0.15, 0.2) is 0 Å². The second-order valence-corrected chi connectivity index (χ2v) is 6.52. The molecule has 1 heterocycles. The first-order valence-corrected chi connectivity index (χ1v) is 7.39. The van der Waals surface area contributed by atoms with Crippen LogP contribution in [-0.4, -0.2) is 34.8 Å². The van der Waals surface area contributed by atoms with Crippen molar-refractivity contribution in [2.75, 3.05) is 18.8 Å². The van der Waals surface area contributed by atoms with Gasteiger partial charge in [0, 0.05) is 36.2 Å². The molecular weight excluding hydrogens is 242 g/mol. The molecular formula is C14H21N3S. The summed E-state index contributed by atoms with van der Waals surface area (Å²) in [6.07, 6.45) is 0. The van der Waals surface area contributed by atoms with E-state index in [1.165, 1.54) is 30.0 Å². The summed E-state index contributed by atoms with van der Waals surface area (Å²) >= 11 is 2.06. The SMILES string of the molecule is Cc1cc(C(=N)N)ccc1CN1CCSC(C)C1. The fraction of sp³-hybridized carbons (Fsp3) is 0.500. The lowest BCUT2D eigenvalue weighted by Gasteiger charge is -2.30. The predicted octanol–water partition coefficient (Wildman–Crippen LogP) is 2.22. The molecule has 98 valence electrons. The molecule has 0 aromatic heterocycles. The molecule has 3 nitrogen and oxygen atoms in total. The molecule has 4 heteroatoms. The molecule has 1 aromatic rings. The van der Waals surface area contributed by atoms with Crippen LogP contribution in [0, 0.1) is 12.3 Å². The largest absolute Gasteiger partial charge is 0.384 e. The minimum atomic E-state index is 0.146. The van der Waals surface area contributed by atoms with Crippen LogP contribution in [0.5, 0.6) is 0 Å². The summed E-state index contributed by atoms with van der Waals surface area (Å²) in [4.78, 5) is 2.51. The first-order valence-electron chi connectivity index (χ1n) is 6.34. The summed E-state index contributed by atoms with van der Waals surface area (Å²) in [7, 11) is 0. The molecule has 1 unspecified atom stereocenters. The molecule has 1 aliphatic heterocycles. The maximum Gasteiger partial charge on any atom is 0.122 e. The van der Waals surface area contributed by atoms with E-state index in [1.54, 1.807) is 0 Å². The number of thioether (sulfide) groups is 1. The fourth-order valence-corrected chi connectivity index (χ4v) is 3.40. The van der Waals surface area contributed by atoms with E-state index >= 15 is 0 Å². The number of hydrogen-bond acceptors (Lipinski definition) is 3. The lowest BCUT2D eigenvalue weighted by atomic mass is 10.0. The second-order valence-electron chi connectivity index (χ2n) is 4.97. The Kier molecular flexibility index (Phi) is 4.30. The molecule has 2 rings (SSSR count). The summed E-state index contributed by atoms with van der Waals surface area (Å²) in [6.45, 7) is 7.74. The van der Waals surface area contributed by atoms with Gasteiger partial charge in [-0.25, -0.2) is 0 Å². The molecule has 0 spiro atoms. The van der Waals surface area contributed by atoms with Gasteiger partial charge >= 0.3 is 0 Å². The van der Waals surface area contributed by atoms with Gasteiger partial charge in [0.05, 0.1) is 0 Å². The molecule has 1 atom stereocenters. The first-order chi connectivity index (χ1) is 8.56. The molecule has 0 aliphatic carbocycles. The second kappa shape index (κ2) is 5.76. The molecule has 1 saturated heterocycles. The van der Waals surface area contributed by atoms with Crippen molar-refractivity contribution in [1.82, 2.24) is 4.90 Å². The molecule has 1 aromatic carbocycles. The number of nitrogen functional groups attached to an aromatic ring is 1. The summed E-state index contributed by atoms with van der Waals surface area (Å²) in [5, 5.41) is 8.18. The van der Waals surface area contributed by atoms with Crippen LogP contribution in [0.2, 0.25) is 0 Å². The molecule has 0 radical (unpaired) electrons. The van der Waals surface area contributed by atoms with Crippen LogP contribution in [0.25, 0.3) is 0 Å². The molecule has 1 aliphatic rings. The van der Waals surface area contributed by atoms with Crippen molar-refractivity contribution in [3.8, 4) is 0 Å². The van der Waals surface area contributed by atoms with Crippen LogP contribution in [-0.2, 0) is 6.54 Å². The minimum absolute atomic E-state index is 0.146. The zero-order valence-corrected chi connectivity index (χ0v) is 11.9. The van der Waals surface area contributed by atoms with E-state index in [4.69, 9.17) is 11.1 Å². The highest BCUT2D eigenvalue weighted by Gasteiger charge is 2.17. The number of nitrogens with zero attached hydrogens (tertiary/aromatic N) is 1. The zero-order chi connectivity index (χ0) is 13.1. The van der Waals surface area contributed by atoms with Gasteiger partial charge in [-0.2, -0.15) is 11.8 Å². The van der Waals surface area contributed by atoms with E-state index < -0.39 is 0 Å². The van der Waals surface area contributed by atoms with Crippen LogP contribution in [0.15, 0.2) is 18.2 Å². The van der Waals surface area contributed by atoms with E-state index in [2.05, 4.69) is 36.6 Å².